The SMILES string of the molecule is CCCOc1ccc(C(C)NC2C3C4CCC(C4)C23)cc1. The highest BCUT2D eigenvalue weighted by Gasteiger charge is 2.64. The third kappa shape index (κ3) is 2.38. The summed E-state index contributed by atoms with van der Waals surface area (Å²) in [6, 6.07) is 9.92. The monoisotopic (exact) mass is 285 g/mol. The van der Waals surface area contributed by atoms with Crippen LogP contribution in [-0.4, -0.2) is 12.6 Å². The van der Waals surface area contributed by atoms with Crippen molar-refractivity contribution >= 4 is 0 Å². The van der Waals surface area contributed by atoms with Crippen LogP contribution in [0.25, 0.3) is 0 Å². The number of nitrogens with one attached hydrogen (secondary N) is 1. The second-order valence-corrected chi connectivity index (χ2v) is 7.32. The van der Waals surface area contributed by atoms with Crippen LogP contribution in [0.3, 0.4) is 0 Å². The highest BCUT2D eigenvalue weighted by atomic mass is 16.5. The third-order valence-corrected chi connectivity index (χ3v) is 6.03. The van der Waals surface area contributed by atoms with Gasteiger partial charge in [0.2, 0.25) is 0 Å². The molecule has 0 radical (unpaired) electrons. The molecule has 0 saturated heterocycles. The first kappa shape index (κ1) is 13.6. The minimum Gasteiger partial charge on any atom is -0.494 e. The Morgan fingerprint density at radius 1 is 1.14 bits per heavy atom. The Labute approximate surface area is 128 Å². The van der Waals surface area contributed by atoms with E-state index in [0.29, 0.717) is 6.04 Å². The molecule has 5 unspecified atom stereocenters. The Morgan fingerprint density at radius 3 is 2.43 bits per heavy atom. The summed E-state index contributed by atoms with van der Waals surface area (Å²) in [6.07, 6.45) is 5.60. The van der Waals surface area contributed by atoms with E-state index in [1.807, 2.05) is 0 Å². The average Bonchev–Trinajstić information content (AvgIpc) is 2.90. The molecule has 0 spiro atoms. The van der Waals surface area contributed by atoms with Gasteiger partial charge in [-0.05, 0) is 74.0 Å². The summed E-state index contributed by atoms with van der Waals surface area (Å²) in [5.74, 6) is 5.12. The zero-order valence-electron chi connectivity index (χ0n) is 13.2. The Kier molecular flexibility index (Phi) is 3.45. The van der Waals surface area contributed by atoms with E-state index < -0.39 is 0 Å². The van der Waals surface area contributed by atoms with Crippen molar-refractivity contribution in [1.29, 1.82) is 0 Å². The summed E-state index contributed by atoms with van der Waals surface area (Å²) in [4.78, 5) is 0. The highest BCUT2D eigenvalue weighted by molar-refractivity contribution is 5.29. The number of hydrogen-bond acceptors (Lipinski definition) is 2. The average molecular weight is 285 g/mol. The predicted octanol–water partition coefficient (Wildman–Crippen LogP) is 4.17. The number of rotatable bonds is 6. The van der Waals surface area contributed by atoms with Gasteiger partial charge < -0.3 is 10.1 Å². The van der Waals surface area contributed by atoms with Gasteiger partial charge in [-0.3, -0.25) is 0 Å². The molecule has 3 aliphatic carbocycles. The van der Waals surface area contributed by atoms with Crippen molar-refractivity contribution in [3.8, 4) is 5.75 Å². The van der Waals surface area contributed by atoms with Crippen LogP contribution in [0.5, 0.6) is 5.75 Å². The van der Waals surface area contributed by atoms with Gasteiger partial charge in [-0.2, -0.15) is 0 Å². The molecule has 1 aromatic carbocycles. The maximum atomic E-state index is 5.66. The van der Waals surface area contributed by atoms with Gasteiger partial charge in [0, 0.05) is 12.1 Å². The van der Waals surface area contributed by atoms with Crippen molar-refractivity contribution < 1.29 is 4.74 Å². The summed E-state index contributed by atoms with van der Waals surface area (Å²) < 4.78 is 5.66. The second kappa shape index (κ2) is 5.31. The minimum absolute atomic E-state index is 0.459. The lowest BCUT2D eigenvalue weighted by Gasteiger charge is -2.18. The summed E-state index contributed by atoms with van der Waals surface area (Å²) in [7, 11) is 0. The summed E-state index contributed by atoms with van der Waals surface area (Å²) in [6.45, 7) is 5.25. The maximum Gasteiger partial charge on any atom is 0.119 e. The summed E-state index contributed by atoms with van der Waals surface area (Å²) in [5, 5.41) is 3.89. The molecule has 5 atom stereocenters. The van der Waals surface area contributed by atoms with Crippen LogP contribution in [0.2, 0.25) is 0 Å². The van der Waals surface area contributed by atoms with Gasteiger partial charge in [0.05, 0.1) is 6.61 Å². The largest absolute Gasteiger partial charge is 0.494 e. The van der Waals surface area contributed by atoms with Gasteiger partial charge in [-0.15, -0.1) is 0 Å². The molecule has 21 heavy (non-hydrogen) atoms. The highest BCUT2D eigenvalue weighted by Crippen LogP contribution is 2.65. The Bertz CT molecular complexity index is 481. The lowest BCUT2D eigenvalue weighted by molar-refractivity contribution is 0.317. The molecule has 3 aliphatic rings. The fraction of sp³-hybridized carbons (Fsp3) is 0.684. The lowest BCUT2D eigenvalue weighted by atomic mass is 10.0. The molecule has 1 N–H and O–H groups in total. The molecule has 0 aliphatic heterocycles. The van der Waals surface area contributed by atoms with Gasteiger partial charge in [0.15, 0.2) is 0 Å². The molecule has 0 amide bonds. The van der Waals surface area contributed by atoms with Crippen LogP contribution < -0.4 is 10.1 Å². The molecule has 4 rings (SSSR count). The number of fused-ring (bicyclic) bond motifs is 5. The molecule has 0 aromatic heterocycles. The normalized spacial score (nSPS) is 37.3. The molecule has 2 bridgehead atoms. The number of ether oxygens (including phenoxy) is 1. The van der Waals surface area contributed by atoms with Crippen molar-refractivity contribution in [1.82, 2.24) is 5.32 Å². The lowest BCUT2D eigenvalue weighted by Crippen LogP contribution is -2.26. The first-order chi connectivity index (χ1) is 10.3. The molecule has 2 heteroatoms. The maximum absolute atomic E-state index is 5.66. The molecule has 2 nitrogen and oxygen atoms in total. The first-order valence-electron chi connectivity index (χ1n) is 8.76. The van der Waals surface area contributed by atoms with Crippen LogP contribution >= 0.6 is 0 Å². The van der Waals surface area contributed by atoms with Crippen molar-refractivity contribution in [3.63, 3.8) is 0 Å². The molecular formula is C19H27NO. The molecule has 3 saturated carbocycles. The fourth-order valence-electron chi connectivity index (χ4n) is 5.01. The predicted molar refractivity (Wildman–Crippen MR) is 85.4 cm³/mol. The quantitative estimate of drug-likeness (QED) is 0.847. The van der Waals surface area contributed by atoms with Crippen molar-refractivity contribution in [2.75, 3.05) is 6.61 Å². The van der Waals surface area contributed by atoms with Crippen LogP contribution in [-0.2, 0) is 0 Å². The summed E-state index contributed by atoms with van der Waals surface area (Å²) >= 11 is 0. The van der Waals surface area contributed by atoms with Gasteiger partial charge >= 0.3 is 0 Å². The van der Waals surface area contributed by atoms with Crippen molar-refractivity contribution in [2.24, 2.45) is 23.7 Å². The van der Waals surface area contributed by atoms with E-state index in [1.54, 1.807) is 0 Å². The summed E-state index contributed by atoms with van der Waals surface area (Å²) in [5.41, 5.74) is 1.39. The Hall–Kier alpha value is -1.02. The number of benzene rings is 1. The Morgan fingerprint density at radius 2 is 1.81 bits per heavy atom. The van der Waals surface area contributed by atoms with Gasteiger partial charge in [0.1, 0.15) is 5.75 Å². The van der Waals surface area contributed by atoms with E-state index in [2.05, 4.69) is 43.4 Å². The van der Waals surface area contributed by atoms with Gasteiger partial charge in [-0.1, -0.05) is 19.1 Å². The van der Waals surface area contributed by atoms with Crippen molar-refractivity contribution in [2.45, 2.75) is 51.6 Å². The zero-order chi connectivity index (χ0) is 14.4. The molecule has 0 heterocycles. The standard InChI is InChI=1S/C19H27NO/c1-3-10-21-16-8-6-13(7-9-16)12(2)20-19-17-14-4-5-15(11-14)18(17)19/h6-9,12,14-15,17-20H,3-5,10-11H2,1-2H3. The first-order valence-corrected chi connectivity index (χ1v) is 8.76. The van der Waals surface area contributed by atoms with Crippen LogP contribution in [0.15, 0.2) is 24.3 Å². The molecular weight excluding hydrogens is 258 g/mol. The third-order valence-electron chi connectivity index (χ3n) is 6.03. The van der Waals surface area contributed by atoms with E-state index in [9.17, 15) is 0 Å². The van der Waals surface area contributed by atoms with Crippen molar-refractivity contribution in [3.05, 3.63) is 29.8 Å². The minimum atomic E-state index is 0.459. The van der Waals surface area contributed by atoms with Gasteiger partial charge in [0.25, 0.3) is 0 Å². The van der Waals surface area contributed by atoms with Crippen LogP contribution in [0, 0.1) is 23.7 Å². The zero-order valence-corrected chi connectivity index (χ0v) is 13.2. The number of hydrogen-bond donors (Lipinski definition) is 1. The van der Waals surface area contributed by atoms with Gasteiger partial charge in [-0.25, -0.2) is 0 Å². The van der Waals surface area contributed by atoms with Crippen LogP contribution in [0.1, 0.15) is 51.1 Å². The van der Waals surface area contributed by atoms with E-state index >= 15 is 0 Å². The molecule has 1 aromatic rings. The van der Waals surface area contributed by atoms with E-state index in [1.165, 1.54) is 24.8 Å². The molecule has 3 fully saturated rings. The van der Waals surface area contributed by atoms with E-state index in [-0.39, 0.29) is 0 Å². The smallest absolute Gasteiger partial charge is 0.119 e. The topological polar surface area (TPSA) is 21.3 Å². The second-order valence-electron chi connectivity index (χ2n) is 7.32. The van der Waals surface area contributed by atoms with E-state index in [4.69, 9.17) is 4.74 Å². The van der Waals surface area contributed by atoms with Crippen LogP contribution in [0.4, 0.5) is 0 Å². The Balaban J connectivity index is 1.34. The van der Waals surface area contributed by atoms with E-state index in [0.717, 1.165) is 48.5 Å². The fourth-order valence-corrected chi connectivity index (χ4v) is 5.01. The molecule has 114 valence electrons.